The monoisotopic (exact) mass is 937 g/mol. The molecule has 1 aromatic heterocycles. The van der Waals surface area contributed by atoms with Gasteiger partial charge in [0.25, 0.3) is 11.6 Å². The van der Waals surface area contributed by atoms with Gasteiger partial charge in [-0.1, -0.05) is 116 Å². The summed E-state index contributed by atoms with van der Waals surface area (Å²) in [6.45, 7) is 8.40. The van der Waals surface area contributed by atoms with E-state index in [4.69, 9.17) is 19.3 Å². The summed E-state index contributed by atoms with van der Waals surface area (Å²) in [5.41, 5.74) is 1.54. The number of rotatable bonds is 22. The predicted octanol–water partition coefficient (Wildman–Crippen LogP) is 7.24. The number of hydrogen-bond donors (Lipinski definition) is 4. The molecule has 2 heterocycles. The van der Waals surface area contributed by atoms with E-state index in [1.165, 1.54) is 47.4 Å². The largest absolute Gasteiger partial charge is 0.463 e. The van der Waals surface area contributed by atoms with E-state index >= 15 is 0 Å². The summed E-state index contributed by atoms with van der Waals surface area (Å²) < 4.78 is 10.9. The standard InChI is InChI=1S/C46H51N7O9S2Si/c1-45(42(56)60-25-27-65(2,3)4,28-36-31-64-43(49-36)52-46(33-14-8-5-9-15-33,34-16-10-6-11-17-34)35-18-12-7-13-19-35)62-48-29-38(54)50-39-40(55)51-41(39)63-26-24-47-44(57)61-30-32-20-22-37(23-21-32)53(58)59/h5-23,29,31,39,41H,24-28,30H2,1-4H3,(H,47,57)(H,49,52)(H,50,54)(H,51,55)/t39-,41-,45?/m1/s1. The number of nitro groups is 1. The van der Waals surface area contributed by atoms with E-state index in [9.17, 15) is 29.3 Å². The quantitative estimate of drug-likeness (QED) is 0.00791. The summed E-state index contributed by atoms with van der Waals surface area (Å²) in [4.78, 5) is 72.4. The van der Waals surface area contributed by atoms with E-state index in [0.717, 1.165) is 28.9 Å². The number of benzene rings is 4. The maximum absolute atomic E-state index is 13.8. The highest BCUT2D eigenvalue weighted by molar-refractivity contribution is 8.00. The van der Waals surface area contributed by atoms with Gasteiger partial charge in [0, 0.05) is 44.3 Å². The maximum Gasteiger partial charge on any atom is 0.407 e. The second kappa shape index (κ2) is 21.9. The molecule has 4 N–H and O–H groups in total. The minimum Gasteiger partial charge on any atom is -0.463 e. The second-order valence-corrected chi connectivity index (χ2v) is 24.2. The van der Waals surface area contributed by atoms with Crippen LogP contribution in [-0.2, 0) is 47.3 Å². The van der Waals surface area contributed by atoms with Crippen LogP contribution in [0.4, 0.5) is 15.6 Å². The summed E-state index contributed by atoms with van der Waals surface area (Å²) in [5, 5.41) is 28.4. The summed E-state index contributed by atoms with van der Waals surface area (Å²) in [7, 11) is -1.56. The Labute approximate surface area is 386 Å². The lowest BCUT2D eigenvalue weighted by Crippen LogP contribution is -2.68. The van der Waals surface area contributed by atoms with Crippen LogP contribution in [0.15, 0.2) is 126 Å². The molecule has 0 saturated carbocycles. The number of nitro benzene ring substituents is 1. The van der Waals surface area contributed by atoms with Crippen LogP contribution < -0.4 is 21.3 Å². The molecule has 1 unspecified atom stereocenters. The first-order chi connectivity index (χ1) is 31.1. The number of ether oxygens (including phenoxy) is 2. The van der Waals surface area contributed by atoms with Crippen molar-refractivity contribution in [1.82, 2.24) is 20.9 Å². The molecule has 19 heteroatoms. The molecule has 0 radical (unpaired) electrons. The van der Waals surface area contributed by atoms with Crippen LogP contribution in [0.1, 0.15) is 34.9 Å². The molecule has 3 amide bonds. The molecule has 340 valence electrons. The Balaban J connectivity index is 1.08. The molecule has 0 aliphatic carbocycles. The van der Waals surface area contributed by atoms with Crippen molar-refractivity contribution in [2.75, 3.05) is 24.2 Å². The van der Waals surface area contributed by atoms with Crippen LogP contribution in [0.2, 0.25) is 25.7 Å². The molecule has 0 bridgehead atoms. The lowest BCUT2D eigenvalue weighted by atomic mass is 9.77. The number of thioether (sulfide) groups is 1. The predicted molar refractivity (Wildman–Crippen MR) is 253 cm³/mol. The number of hydrogen-bond acceptors (Lipinski definition) is 14. The SMILES string of the molecule is CC(Cc1csc(NC(c2ccccc2)(c2ccccc2)c2ccccc2)n1)(ON=CC(=O)N[C@@H]1C(=O)N[C@@H]1SCCNC(=O)OCc1ccc([N+](=O)[O-])cc1)C(=O)OCC[Si](C)(C)C. The van der Waals surface area contributed by atoms with E-state index in [0.29, 0.717) is 22.1 Å². The first-order valence-electron chi connectivity index (χ1n) is 20.8. The van der Waals surface area contributed by atoms with Gasteiger partial charge in [0.05, 0.1) is 17.2 Å². The lowest BCUT2D eigenvalue weighted by Gasteiger charge is -2.36. The number of carbonyl (C=O) groups excluding carboxylic acids is 4. The zero-order valence-corrected chi connectivity index (χ0v) is 39.0. The van der Waals surface area contributed by atoms with Crippen molar-refractivity contribution < 1.29 is 38.4 Å². The molecule has 1 saturated heterocycles. The van der Waals surface area contributed by atoms with Crippen molar-refractivity contribution in [3.05, 3.63) is 159 Å². The topological polar surface area (TPSA) is 212 Å². The van der Waals surface area contributed by atoms with Crippen LogP contribution >= 0.6 is 23.1 Å². The number of esters is 1. The lowest BCUT2D eigenvalue weighted by molar-refractivity contribution is -0.384. The van der Waals surface area contributed by atoms with E-state index in [2.05, 4.69) is 82.5 Å². The molecule has 65 heavy (non-hydrogen) atoms. The first-order valence-corrected chi connectivity index (χ1v) is 26.4. The fourth-order valence-electron chi connectivity index (χ4n) is 6.74. The molecule has 5 aromatic rings. The fourth-order valence-corrected chi connectivity index (χ4v) is 9.28. The molecular formula is C46H51N7O9S2Si. The van der Waals surface area contributed by atoms with Gasteiger partial charge in [0.2, 0.25) is 11.5 Å². The molecule has 0 spiro atoms. The van der Waals surface area contributed by atoms with Crippen molar-refractivity contribution in [1.29, 1.82) is 0 Å². The van der Waals surface area contributed by atoms with Crippen molar-refractivity contribution in [2.45, 2.75) is 68.2 Å². The molecule has 3 atom stereocenters. The van der Waals surface area contributed by atoms with Crippen molar-refractivity contribution in [2.24, 2.45) is 5.16 Å². The fraction of sp³-hybridized carbons (Fsp3) is 0.304. The number of nitrogens with one attached hydrogen (secondary N) is 4. The Kier molecular flexibility index (Phi) is 16.1. The molecule has 1 fully saturated rings. The number of alkyl carbamates (subject to hydrolysis) is 1. The minimum atomic E-state index is -1.68. The zero-order valence-electron chi connectivity index (χ0n) is 36.4. The minimum absolute atomic E-state index is 0.0344. The average molecular weight is 938 g/mol. The van der Waals surface area contributed by atoms with Crippen molar-refractivity contribution in [3.8, 4) is 0 Å². The van der Waals surface area contributed by atoms with Gasteiger partial charge in [0.15, 0.2) is 5.13 Å². The maximum atomic E-state index is 13.8. The summed E-state index contributed by atoms with van der Waals surface area (Å²) in [5.74, 6) is -1.42. The Hall–Kier alpha value is -6.57. The number of carbonyl (C=O) groups is 4. The zero-order chi connectivity index (χ0) is 46.5. The van der Waals surface area contributed by atoms with Gasteiger partial charge < -0.3 is 35.6 Å². The van der Waals surface area contributed by atoms with Crippen LogP contribution in [0, 0.1) is 10.1 Å². The van der Waals surface area contributed by atoms with Gasteiger partial charge in [0.1, 0.15) is 29.8 Å². The van der Waals surface area contributed by atoms with Crippen LogP contribution in [0.3, 0.4) is 0 Å². The Morgan fingerprint density at radius 3 is 2.08 bits per heavy atom. The Bertz CT molecular complexity index is 2340. The molecule has 1 aliphatic heterocycles. The van der Waals surface area contributed by atoms with E-state index in [1.807, 2.05) is 60.0 Å². The van der Waals surface area contributed by atoms with Gasteiger partial charge in [-0.15, -0.1) is 23.1 Å². The van der Waals surface area contributed by atoms with Gasteiger partial charge in [-0.2, -0.15) is 0 Å². The van der Waals surface area contributed by atoms with Crippen LogP contribution in [-0.4, -0.2) is 84.0 Å². The van der Waals surface area contributed by atoms with Gasteiger partial charge >= 0.3 is 12.1 Å². The van der Waals surface area contributed by atoms with Crippen LogP contribution in [0.5, 0.6) is 0 Å². The third kappa shape index (κ3) is 13.0. The van der Waals surface area contributed by atoms with E-state index in [-0.39, 0.29) is 31.9 Å². The van der Waals surface area contributed by atoms with E-state index in [1.54, 1.807) is 6.92 Å². The highest BCUT2D eigenvalue weighted by Crippen LogP contribution is 2.41. The molecule has 6 rings (SSSR count). The van der Waals surface area contributed by atoms with Crippen molar-refractivity contribution >= 4 is 72.1 Å². The number of β-lactam (4-membered cyclic amide) rings is 1. The number of oxime groups is 1. The molecular weight excluding hydrogens is 887 g/mol. The number of non-ortho nitro benzene ring substituents is 1. The summed E-state index contributed by atoms with van der Waals surface area (Å²) in [6.07, 6.45) is 0.149. The number of thiazole rings is 1. The Morgan fingerprint density at radius 2 is 1.52 bits per heavy atom. The second-order valence-electron chi connectivity index (χ2n) is 16.5. The molecule has 1 aliphatic rings. The third-order valence-corrected chi connectivity index (χ3v) is 14.0. The van der Waals surface area contributed by atoms with E-state index < -0.39 is 59.4 Å². The number of anilines is 1. The third-order valence-electron chi connectivity index (χ3n) is 10.3. The normalized spacial score (nSPS) is 15.7. The highest BCUT2D eigenvalue weighted by Gasteiger charge is 2.42. The van der Waals surface area contributed by atoms with Gasteiger partial charge in [-0.05, 0) is 47.4 Å². The smallest absolute Gasteiger partial charge is 0.407 e. The Morgan fingerprint density at radius 1 is 0.923 bits per heavy atom. The van der Waals surface area contributed by atoms with Crippen molar-refractivity contribution in [3.63, 3.8) is 0 Å². The first kappa shape index (κ1) is 47.9. The highest BCUT2D eigenvalue weighted by atomic mass is 32.2. The number of aromatic nitrogens is 1. The van der Waals surface area contributed by atoms with Gasteiger partial charge in [-0.3, -0.25) is 19.7 Å². The molecule has 4 aromatic carbocycles. The number of amides is 3. The number of nitrogens with zero attached hydrogens (tertiary/aromatic N) is 3. The van der Waals surface area contributed by atoms with Crippen LogP contribution in [0.25, 0.3) is 0 Å². The average Bonchev–Trinajstić information content (AvgIpc) is 3.74. The molecule has 16 nitrogen and oxygen atoms in total. The summed E-state index contributed by atoms with van der Waals surface area (Å²) in [6, 6.07) is 35.8. The summed E-state index contributed by atoms with van der Waals surface area (Å²) >= 11 is 2.67. The van der Waals surface area contributed by atoms with Gasteiger partial charge in [-0.25, -0.2) is 14.6 Å².